The van der Waals surface area contributed by atoms with E-state index in [1.54, 1.807) is 0 Å². The first-order chi connectivity index (χ1) is 8.79. The van der Waals surface area contributed by atoms with E-state index in [1.165, 1.54) is 6.92 Å². The Balaban J connectivity index is 2.31. The molecule has 1 aliphatic carbocycles. The number of carbonyl (C=O) groups excluding carboxylic acids is 1. The number of aryl methyl sites for hydroxylation is 1. The Morgan fingerprint density at radius 3 is 2.63 bits per heavy atom. The standard InChI is InChI=1S/C12H14FNO4S/c1-7-4-9(19(14,16)17)5-10(11(7)13)12(15)18-6-8-2-3-8/h4-5,8H,2-3,6H2,1H3,(H2,14,16,17). The molecule has 0 amide bonds. The van der Waals surface area contributed by atoms with Crippen LogP contribution < -0.4 is 5.14 Å². The third-order valence-corrected chi connectivity index (χ3v) is 3.82. The predicted octanol–water partition coefficient (Wildman–Crippen LogP) is 1.35. The molecule has 19 heavy (non-hydrogen) atoms. The molecule has 0 heterocycles. The number of hydrogen-bond donors (Lipinski definition) is 1. The molecular weight excluding hydrogens is 273 g/mol. The number of halogens is 1. The number of ether oxygens (including phenoxy) is 1. The summed E-state index contributed by atoms with van der Waals surface area (Å²) in [5.74, 6) is -1.30. The lowest BCUT2D eigenvalue weighted by atomic mass is 10.1. The fourth-order valence-corrected chi connectivity index (χ4v) is 2.23. The Labute approximate surface area is 110 Å². The topological polar surface area (TPSA) is 86.5 Å². The third kappa shape index (κ3) is 3.30. The van der Waals surface area contributed by atoms with Gasteiger partial charge in [-0.05, 0) is 43.4 Å². The molecule has 2 rings (SSSR count). The molecule has 7 heteroatoms. The van der Waals surface area contributed by atoms with Gasteiger partial charge in [0, 0.05) is 0 Å². The van der Waals surface area contributed by atoms with Crippen molar-refractivity contribution >= 4 is 16.0 Å². The smallest absolute Gasteiger partial charge is 0.341 e. The maximum absolute atomic E-state index is 13.8. The zero-order valence-corrected chi connectivity index (χ0v) is 11.2. The van der Waals surface area contributed by atoms with E-state index >= 15 is 0 Å². The van der Waals surface area contributed by atoms with Crippen molar-refractivity contribution < 1.29 is 22.3 Å². The van der Waals surface area contributed by atoms with Gasteiger partial charge in [-0.1, -0.05) is 0 Å². The molecule has 0 radical (unpaired) electrons. The highest BCUT2D eigenvalue weighted by molar-refractivity contribution is 7.89. The first-order valence-electron chi connectivity index (χ1n) is 5.79. The van der Waals surface area contributed by atoms with Gasteiger partial charge in [-0.25, -0.2) is 22.7 Å². The van der Waals surface area contributed by atoms with Crippen LogP contribution in [-0.4, -0.2) is 21.0 Å². The van der Waals surface area contributed by atoms with Crippen molar-refractivity contribution in [3.63, 3.8) is 0 Å². The minimum atomic E-state index is -3.99. The first kappa shape index (κ1) is 14.0. The molecule has 1 aromatic carbocycles. The second kappa shape index (κ2) is 4.90. The number of carbonyl (C=O) groups is 1. The first-order valence-corrected chi connectivity index (χ1v) is 7.33. The van der Waals surface area contributed by atoms with Crippen LogP contribution in [0, 0.1) is 18.7 Å². The van der Waals surface area contributed by atoms with E-state index in [9.17, 15) is 17.6 Å². The van der Waals surface area contributed by atoms with Crippen LogP contribution >= 0.6 is 0 Å². The van der Waals surface area contributed by atoms with Gasteiger partial charge in [-0.15, -0.1) is 0 Å². The normalized spacial score (nSPS) is 15.3. The molecule has 0 aromatic heterocycles. The van der Waals surface area contributed by atoms with Gasteiger partial charge < -0.3 is 4.74 Å². The molecule has 1 aromatic rings. The SMILES string of the molecule is Cc1cc(S(N)(=O)=O)cc(C(=O)OCC2CC2)c1F. The van der Waals surface area contributed by atoms with Gasteiger partial charge in [0.15, 0.2) is 0 Å². The molecule has 0 saturated heterocycles. The molecule has 0 unspecified atom stereocenters. The van der Waals surface area contributed by atoms with Crippen molar-refractivity contribution in [2.24, 2.45) is 11.1 Å². The lowest BCUT2D eigenvalue weighted by Crippen LogP contribution is -2.16. The molecule has 104 valence electrons. The van der Waals surface area contributed by atoms with E-state index < -0.39 is 27.4 Å². The van der Waals surface area contributed by atoms with Crippen LogP contribution in [0.15, 0.2) is 17.0 Å². The van der Waals surface area contributed by atoms with Gasteiger partial charge in [0.1, 0.15) is 5.82 Å². The molecule has 0 spiro atoms. The quantitative estimate of drug-likeness (QED) is 0.847. The van der Waals surface area contributed by atoms with Crippen LogP contribution in [0.4, 0.5) is 4.39 Å². The van der Waals surface area contributed by atoms with Crippen molar-refractivity contribution in [3.8, 4) is 0 Å². The molecule has 0 bridgehead atoms. The maximum Gasteiger partial charge on any atom is 0.341 e. The summed E-state index contributed by atoms with van der Waals surface area (Å²) in [5.41, 5.74) is -0.366. The summed E-state index contributed by atoms with van der Waals surface area (Å²) in [5, 5.41) is 4.97. The maximum atomic E-state index is 13.8. The number of hydrogen-bond acceptors (Lipinski definition) is 4. The molecule has 5 nitrogen and oxygen atoms in total. The Bertz CT molecular complexity index is 623. The highest BCUT2D eigenvalue weighted by Crippen LogP contribution is 2.29. The Hall–Kier alpha value is -1.47. The summed E-state index contributed by atoms with van der Waals surface area (Å²) in [7, 11) is -3.99. The van der Waals surface area contributed by atoms with E-state index in [0.29, 0.717) is 5.92 Å². The van der Waals surface area contributed by atoms with Crippen LogP contribution in [0.25, 0.3) is 0 Å². The van der Waals surface area contributed by atoms with Crippen LogP contribution in [-0.2, 0) is 14.8 Å². The lowest BCUT2D eigenvalue weighted by Gasteiger charge is -2.08. The van der Waals surface area contributed by atoms with Crippen LogP contribution in [0.1, 0.15) is 28.8 Å². The summed E-state index contributed by atoms with van der Waals surface area (Å²) in [6, 6.07) is 2.00. The van der Waals surface area contributed by atoms with Gasteiger partial charge in [0.2, 0.25) is 10.0 Å². The minimum Gasteiger partial charge on any atom is -0.462 e. The van der Waals surface area contributed by atoms with Gasteiger partial charge in [0.25, 0.3) is 0 Å². The summed E-state index contributed by atoms with van der Waals surface area (Å²) in [6.07, 6.45) is 1.98. The van der Waals surface area contributed by atoms with Crippen LogP contribution in [0.3, 0.4) is 0 Å². The zero-order chi connectivity index (χ0) is 14.2. The summed E-state index contributed by atoms with van der Waals surface area (Å²) in [4.78, 5) is 11.4. The number of nitrogens with two attached hydrogens (primary N) is 1. The van der Waals surface area contributed by atoms with E-state index in [0.717, 1.165) is 25.0 Å². The predicted molar refractivity (Wildman–Crippen MR) is 65.5 cm³/mol. The minimum absolute atomic E-state index is 0.0323. The summed E-state index contributed by atoms with van der Waals surface area (Å²) >= 11 is 0. The second-order valence-electron chi connectivity index (χ2n) is 4.69. The van der Waals surface area contributed by atoms with E-state index in [-0.39, 0.29) is 17.1 Å². The Kier molecular flexibility index (Phi) is 3.60. The van der Waals surface area contributed by atoms with E-state index in [2.05, 4.69) is 0 Å². The van der Waals surface area contributed by atoms with Crippen molar-refractivity contribution in [1.29, 1.82) is 0 Å². The van der Waals surface area contributed by atoms with Crippen LogP contribution in [0.2, 0.25) is 0 Å². The van der Waals surface area contributed by atoms with Crippen molar-refractivity contribution in [2.75, 3.05) is 6.61 Å². The fraction of sp³-hybridized carbons (Fsp3) is 0.417. The number of rotatable bonds is 4. The molecule has 1 fully saturated rings. The lowest BCUT2D eigenvalue weighted by molar-refractivity contribution is 0.0480. The van der Waals surface area contributed by atoms with E-state index in [4.69, 9.17) is 9.88 Å². The number of benzene rings is 1. The average Bonchev–Trinajstić information content (AvgIpc) is 3.11. The highest BCUT2D eigenvalue weighted by atomic mass is 32.2. The number of primary sulfonamides is 1. The molecule has 0 aliphatic heterocycles. The Morgan fingerprint density at radius 1 is 1.47 bits per heavy atom. The second-order valence-corrected chi connectivity index (χ2v) is 6.25. The van der Waals surface area contributed by atoms with Gasteiger partial charge >= 0.3 is 5.97 Å². The van der Waals surface area contributed by atoms with Gasteiger partial charge in [0.05, 0.1) is 17.1 Å². The monoisotopic (exact) mass is 287 g/mol. The zero-order valence-electron chi connectivity index (χ0n) is 10.3. The van der Waals surface area contributed by atoms with Crippen molar-refractivity contribution in [3.05, 3.63) is 29.1 Å². The summed E-state index contributed by atoms with van der Waals surface area (Å²) < 4.78 is 41.3. The molecule has 1 aliphatic rings. The number of sulfonamides is 1. The van der Waals surface area contributed by atoms with Crippen molar-refractivity contribution in [1.82, 2.24) is 0 Å². The third-order valence-electron chi connectivity index (χ3n) is 2.92. The average molecular weight is 287 g/mol. The van der Waals surface area contributed by atoms with Crippen molar-refractivity contribution in [2.45, 2.75) is 24.7 Å². The van der Waals surface area contributed by atoms with Gasteiger partial charge in [-0.3, -0.25) is 0 Å². The fourth-order valence-electron chi connectivity index (χ4n) is 1.61. The van der Waals surface area contributed by atoms with Crippen LogP contribution in [0.5, 0.6) is 0 Å². The number of esters is 1. The molecule has 0 atom stereocenters. The largest absolute Gasteiger partial charge is 0.462 e. The summed E-state index contributed by atoms with van der Waals surface area (Å²) in [6.45, 7) is 1.60. The molecular formula is C12H14FNO4S. The van der Waals surface area contributed by atoms with E-state index in [1.807, 2.05) is 0 Å². The molecule has 2 N–H and O–H groups in total. The Morgan fingerprint density at radius 2 is 2.11 bits per heavy atom. The van der Waals surface area contributed by atoms with Gasteiger partial charge in [-0.2, -0.15) is 0 Å². The highest BCUT2D eigenvalue weighted by Gasteiger charge is 2.25. The molecule has 1 saturated carbocycles.